The molecule has 1 aliphatic rings. The van der Waals surface area contributed by atoms with Crippen molar-refractivity contribution in [3.63, 3.8) is 0 Å². The molecule has 34 heavy (non-hydrogen) atoms. The van der Waals surface area contributed by atoms with Crippen LogP contribution in [0.15, 0.2) is 24.3 Å². The molecule has 1 fully saturated rings. The maximum atomic E-state index is 12.5. The first-order chi connectivity index (χ1) is 15.8. The fourth-order valence-corrected chi connectivity index (χ4v) is 3.57. The first-order valence-electron chi connectivity index (χ1n) is 12.1. The number of benzene rings is 1. The van der Waals surface area contributed by atoms with E-state index in [0.29, 0.717) is 45.6 Å². The predicted molar refractivity (Wildman–Crippen MR) is 132 cm³/mol. The summed E-state index contributed by atoms with van der Waals surface area (Å²) in [6.07, 6.45) is 0.756. The minimum absolute atomic E-state index is 0.0333. The van der Waals surface area contributed by atoms with Crippen LogP contribution in [-0.4, -0.2) is 72.6 Å². The number of carbonyl (C=O) groups is 3. The Morgan fingerprint density at radius 1 is 0.853 bits per heavy atom. The largest absolute Gasteiger partial charge is 0.494 e. The Kier molecular flexibility index (Phi) is 9.77. The summed E-state index contributed by atoms with van der Waals surface area (Å²) < 4.78 is 10.9. The summed E-state index contributed by atoms with van der Waals surface area (Å²) in [7, 11) is 0. The van der Waals surface area contributed by atoms with Crippen LogP contribution in [0.3, 0.4) is 0 Å². The summed E-state index contributed by atoms with van der Waals surface area (Å²) in [4.78, 5) is 40.1. The molecule has 0 bridgehead atoms. The molecule has 1 aliphatic heterocycles. The lowest BCUT2D eigenvalue weighted by Crippen LogP contribution is -2.51. The van der Waals surface area contributed by atoms with Crippen LogP contribution in [0.4, 0.5) is 4.79 Å². The number of hydrogen-bond donors (Lipinski definition) is 1. The third-order valence-corrected chi connectivity index (χ3v) is 5.52. The Hall–Kier alpha value is -2.77. The summed E-state index contributed by atoms with van der Waals surface area (Å²) in [6, 6.07) is 8.10. The molecule has 8 heteroatoms. The molecular formula is C26H41N3O5. The van der Waals surface area contributed by atoms with Gasteiger partial charge in [0.15, 0.2) is 0 Å². The molecule has 3 amide bonds. The van der Waals surface area contributed by atoms with Gasteiger partial charge in [-0.3, -0.25) is 9.59 Å². The zero-order chi connectivity index (χ0) is 25.4. The van der Waals surface area contributed by atoms with E-state index in [4.69, 9.17) is 9.47 Å². The molecule has 0 atom stereocenters. The first kappa shape index (κ1) is 27.5. The topological polar surface area (TPSA) is 88.2 Å². The molecule has 0 unspecified atom stereocenters. The van der Waals surface area contributed by atoms with Gasteiger partial charge in [-0.2, -0.15) is 0 Å². The number of ether oxygens (including phenoxy) is 2. The zero-order valence-corrected chi connectivity index (χ0v) is 21.6. The molecule has 8 nitrogen and oxygen atoms in total. The van der Waals surface area contributed by atoms with E-state index in [1.165, 1.54) is 5.56 Å². The highest BCUT2D eigenvalue weighted by Crippen LogP contribution is 2.24. The normalized spacial score (nSPS) is 14.5. The standard InChI is InChI=1S/C26H41N3O5/c1-25(2,3)20-9-11-21(12-10-20)33-19-7-8-22(30)28-15-17-29(18-16-28)23(31)13-14-27-24(32)34-26(4,5)6/h9-12H,7-8,13-19H2,1-6H3,(H,27,32). The number of nitrogens with one attached hydrogen (secondary N) is 1. The van der Waals surface area contributed by atoms with Crippen LogP contribution < -0.4 is 10.1 Å². The van der Waals surface area contributed by atoms with E-state index >= 15 is 0 Å². The van der Waals surface area contributed by atoms with Crippen LogP contribution >= 0.6 is 0 Å². The maximum absolute atomic E-state index is 12.5. The average Bonchev–Trinajstić information content (AvgIpc) is 2.75. The Bertz CT molecular complexity index is 816. The van der Waals surface area contributed by atoms with Gasteiger partial charge in [-0.25, -0.2) is 4.79 Å². The lowest BCUT2D eigenvalue weighted by molar-refractivity contribution is -0.139. The molecule has 190 valence electrons. The minimum atomic E-state index is -0.569. The van der Waals surface area contributed by atoms with Crippen LogP contribution in [0.1, 0.15) is 66.4 Å². The van der Waals surface area contributed by atoms with Crippen LogP contribution in [-0.2, 0) is 19.7 Å². The van der Waals surface area contributed by atoms with Gasteiger partial charge in [-0.05, 0) is 50.3 Å². The Morgan fingerprint density at radius 2 is 1.38 bits per heavy atom. The highest BCUT2D eigenvalue weighted by Gasteiger charge is 2.24. The van der Waals surface area contributed by atoms with E-state index < -0.39 is 11.7 Å². The summed E-state index contributed by atoms with van der Waals surface area (Å²) in [6.45, 7) is 14.7. The Morgan fingerprint density at radius 3 is 1.88 bits per heavy atom. The van der Waals surface area contributed by atoms with E-state index in [9.17, 15) is 14.4 Å². The maximum Gasteiger partial charge on any atom is 0.407 e. The molecule has 1 N–H and O–H groups in total. The van der Waals surface area contributed by atoms with Crippen molar-refractivity contribution in [1.82, 2.24) is 15.1 Å². The fourth-order valence-electron chi connectivity index (χ4n) is 3.57. The average molecular weight is 476 g/mol. The number of carbonyl (C=O) groups excluding carboxylic acids is 3. The van der Waals surface area contributed by atoms with E-state index in [2.05, 4.69) is 38.2 Å². The van der Waals surface area contributed by atoms with Crippen molar-refractivity contribution in [3.8, 4) is 5.75 Å². The van der Waals surface area contributed by atoms with Gasteiger partial charge < -0.3 is 24.6 Å². The molecule has 1 aromatic carbocycles. The lowest BCUT2D eigenvalue weighted by atomic mass is 9.87. The predicted octanol–water partition coefficient (Wildman–Crippen LogP) is 3.73. The van der Waals surface area contributed by atoms with Crippen LogP contribution in [0.25, 0.3) is 0 Å². The van der Waals surface area contributed by atoms with Crippen molar-refractivity contribution in [2.24, 2.45) is 0 Å². The zero-order valence-electron chi connectivity index (χ0n) is 21.6. The summed E-state index contributed by atoms with van der Waals surface area (Å²) in [5, 5.41) is 2.60. The van der Waals surface area contributed by atoms with E-state index in [1.54, 1.807) is 30.6 Å². The van der Waals surface area contributed by atoms with Gasteiger partial charge in [0.25, 0.3) is 0 Å². The molecule has 0 saturated carbocycles. The van der Waals surface area contributed by atoms with Gasteiger partial charge in [0.1, 0.15) is 11.4 Å². The van der Waals surface area contributed by atoms with Crippen molar-refractivity contribution in [1.29, 1.82) is 0 Å². The van der Waals surface area contributed by atoms with Crippen molar-refractivity contribution < 1.29 is 23.9 Å². The molecule has 0 radical (unpaired) electrons. The van der Waals surface area contributed by atoms with Gasteiger partial charge in [0, 0.05) is 45.6 Å². The van der Waals surface area contributed by atoms with E-state index in [0.717, 1.165) is 5.75 Å². The van der Waals surface area contributed by atoms with Crippen LogP contribution in [0.2, 0.25) is 0 Å². The van der Waals surface area contributed by atoms with Crippen LogP contribution in [0.5, 0.6) is 5.75 Å². The smallest absolute Gasteiger partial charge is 0.407 e. The summed E-state index contributed by atoms with van der Waals surface area (Å²) >= 11 is 0. The van der Waals surface area contributed by atoms with Gasteiger partial charge in [-0.1, -0.05) is 32.9 Å². The molecular weight excluding hydrogens is 434 g/mol. The molecule has 0 aliphatic carbocycles. The molecule has 2 rings (SSSR count). The lowest BCUT2D eigenvalue weighted by Gasteiger charge is -2.35. The Balaban J connectivity index is 1.61. The Labute approximate surface area is 204 Å². The highest BCUT2D eigenvalue weighted by molar-refractivity contribution is 5.79. The molecule has 1 heterocycles. The second kappa shape index (κ2) is 12.1. The first-order valence-corrected chi connectivity index (χ1v) is 12.1. The molecule has 1 saturated heterocycles. The second-order valence-corrected chi connectivity index (χ2v) is 10.7. The van der Waals surface area contributed by atoms with E-state index in [1.807, 2.05) is 12.1 Å². The highest BCUT2D eigenvalue weighted by atomic mass is 16.6. The quantitative estimate of drug-likeness (QED) is 0.579. The van der Waals surface area contributed by atoms with Gasteiger partial charge in [-0.15, -0.1) is 0 Å². The van der Waals surface area contributed by atoms with Crippen molar-refractivity contribution in [2.75, 3.05) is 39.3 Å². The van der Waals surface area contributed by atoms with Crippen molar-refractivity contribution in [3.05, 3.63) is 29.8 Å². The number of amides is 3. The van der Waals surface area contributed by atoms with Crippen molar-refractivity contribution >= 4 is 17.9 Å². The number of hydrogen-bond acceptors (Lipinski definition) is 5. The van der Waals surface area contributed by atoms with Gasteiger partial charge in [0.2, 0.25) is 11.8 Å². The number of piperazine rings is 1. The van der Waals surface area contributed by atoms with E-state index in [-0.39, 0.29) is 30.2 Å². The summed E-state index contributed by atoms with van der Waals surface area (Å²) in [5.74, 6) is 0.869. The molecule has 1 aromatic rings. The number of nitrogens with zero attached hydrogens (tertiary/aromatic N) is 2. The fraction of sp³-hybridized carbons (Fsp3) is 0.654. The molecule has 0 aromatic heterocycles. The molecule has 0 spiro atoms. The number of rotatable bonds is 8. The minimum Gasteiger partial charge on any atom is -0.494 e. The third kappa shape index (κ3) is 9.61. The summed E-state index contributed by atoms with van der Waals surface area (Å²) in [5.41, 5.74) is 0.795. The third-order valence-electron chi connectivity index (χ3n) is 5.52. The second-order valence-electron chi connectivity index (χ2n) is 10.7. The number of alkyl carbamates (subject to hydrolysis) is 1. The monoisotopic (exact) mass is 475 g/mol. The van der Waals surface area contributed by atoms with Gasteiger partial charge in [0.05, 0.1) is 6.61 Å². The van der Waals surface area contributed by atoms with Crippen LogP contribution in [0, 0.1) is 0 Å². The SMILES string of the molecule is CC(C)(C)OC(=O)NCCC(=O)N1CCN(C(=O)CCCOc2ccc(C(C)(C)C)cc2)CC1. The van der Waals surface area contributed by atoms with Crippen molar-refractivity contribution in [2.45, 2.75) is 71.8 Å². The van der Waals surface area contributed by atoms with Gasteiger partial charge >= 0.3 is 6.09 Å².